The highest BCUT2D eigenvalue weighted by molar-refractivity contribution is 7.89. The number of carbonyl (C=O) groups is 1. The lowest BCUT2D eigenvalue weighted by Gasteiger charge is -2.34. The van der Waals surface area contributed by atoms with E-state index in [1.807, 2.05) is 31.2 Å². The molecule has 0 aromatic heterocycles. The smallest absolute Gasteiger partial charge is 0.251 e. The van der Waals surface area contributed by atoms with Gasteiger partial charge in [-0.15, -0.1) is 0 Å². The maximum atomic E-state index is 13.2. The van der Waals surface area contributed by atoms with Gasteiger partial charge in [0.2, 0.25) is 10.0 Å². The number of nitrogens with zero attached hydrogens (tertiary/aromatic N) is 1. The number of para-hydroxylation sites is 1. The van der Waals surface area contributed by atoms with Crippen molar-refractivity contribution in [3.63, 3.8) is 0 Å². The number of amides is 1. The Bertz CT molecular complexity index is 996. The third kappa shape index (κ3) is 4.84. The molecule has 0 aliphatic carbocycles. The molecule has 162 valence electrons. The van der Waals surface area contributed by atoms with Crippen LogP contribution in [0.2, 0.25) is 0 Å². The average molecular weight is 431 g/mol. The van der Waals surface area contributed by atoms with E-state index in [1.165, 1.54) is 6.07 Å². The number of sulfonamides is 1. The zero-order valence-electron chi connectivity index (χ0n) is 18.0. The monoisotopic (exact) mass is 430 g/mol. The highest BCUT2D eigenvalue weighted by atomic mass is 32.2. The SMILES string of the molecule is COc1ccccc1C(C)NC(=O)c1cccc(S(=O)(=O)N2CC(C)CC(C)C2)c1. The summed E-state index contributed by atoms with van der Waals surface area (Å²) in [4.78, 5) is 13.0. The summed E-state index contributed by atoms with van der Waals surface area (Å²) in [5.74, 6) is 0.995. The largest absolute Gasteiger partial charge is 0.496 e. The predicted octanol–water partition coefficient (Wildman–Crippen LogP) is 3.85. The normalized spacial score (nSPS) is 21.1. The number of nitrogens with one attached hydrogen (secondary N) is 1. The number of rotatable bonds is 6. The molecular weight excluding hydrogens is 400 g/mol. The Morgan fingerprint density at radius 2 is 1.77 bits per heavy atom. The summed E-state index contributed by atoms with van der Waals surface area (Å²) < 4.78 is 33.2. The molecule has 0 spiro atoms. The maximum absolute atomic E-state index is 13.2. The Morgan fingerprint density at radius 1 is 1.10 bits per heavy atom. The van der Waals surface area contributed by atoms with Gasteiger partial charge in [0.05, 0.1) is 18.0 Å². The minimum absolute atomic E-state index is 0.154. The molecular formula is C23H30N2O4S. The molecule has 1 N–H and O–H groups in total. The van der Waals surface area contributed by atoms with Crippen LogP contribution in [0.1, 0.15) is 49.2 Å². The fourth-order valence-electron chi connectivity index (χ4n) is 4.13. The van der Waals surface area contributed by atoms with Gasteiger partial charge in [0.1, 0.15) is 5.75 Å². The van der Waals surface area contributed by atoms with Crippen molar-refractivity contribution in [1.29, 1.82) is 0 Å². The highest BCUT2D eigenvalue weighted by Crippen LogP contribution is 2.28. The first-order valence-corrected chi connectivity index (χ1v) is 11.7. The van der Waals surface area contributed by atoms with Crippen molar-refractivity contribution in [2.75, 3.05) is 20.2 Å². The van der Waals surface area contributed by atoms with Gasteiger partial charge in [0.25, 0.3) is 5.91 Å². The Morgan fingerprint density at radius 3 is 2.43 bits per heavy atom. The molecule has 0 saturated carbocycles. The third-order valence-electron chi connectivity index (χ3n) is 5.52. The van der Waals surface area contributed by atoms with Crippen LogP contribution < -0.4 is 10.1 Å². The second kappa shape index (κ2) is 9.18. The lowest BCUT2D eigenvalue weighted by atomic mass is 9.94. The fraction of sp³-hybridized carbons (Fsp3) is 0.435. The maximum Gasteiger partial charge on any atom is 0.251 e. The molecule has 1 aliphatic heterocycles. The number of methoxy groups -OCH3 is 1. The molecule has 7 heteroatoms. The summed E-state index contributed by atoms with van der Waals surface area (Å²) in [7, 11) is -2.05. The summed E-state index contributed by atoms with van der Waals surface area (Å²) in [6.07, 6.45) is 1.02. The number of benzene rings is 2. The van der Waals surface area contributed by atoms with Gasteiger partial charge in [0.15, 0.2) is 0 Å². The van der Waals surface area contributed by atoms with E-state index < -0.39 is 10.0 Å². The Hall–Kier alpha value is -2.38. The summed E-state index contributed by atoms with van der Waals surface area (Å²) in [6, 6.07) is 13.5. The topological polar surface area (TPSA) is 75.7 Å². The molecule has 1 amide bonds. The molecule has 2 aromatic carbocycles. The second-order valence-corrected chi connectivity index (χ2v) is 10.2. The van der Waals surface area contributed by atoms with Gasteiger partial charge in [-0.1, -0.05) is 38.1 Å². The van der Waals surface area contributed by atoms with Crippen LogP contribution in [0.5, 0.6) is 5.75 Å². The van der Waals surface area contributed by atoms with E-state index in [0.717, 1.165) is 12.0 Å². The van der Waals surface area contributed by atoms with Gasteiger partial charge >= 0.3 is 0 Å². The van der Waals surface area contributed by atoms with E-state index in [2.05, 4.69) is 19.2 Å². The Labute approximate surface area is 179 Å². The van der Waals surface area contributed by atoms with Crippen molar-refractivity contribution in [2.45, 2.75) is 38.1 Å². The molecule has 30 heavy (non-hydrogen) atoms. The number of hydrogen-bond acceptors (Lipinski definition) is 4. The Balaban J connectivity index is 1.80. The first kappa shape index (κ1) is 22.3. The minimum atomic E-state index is -3.64. The Kier molecular flexibility index (Phi) is 6.83. The standard InChI is InChI=1S/C23H30N2O4S/c1-16-12-17(2)15-25(14-16)30(27,28)20-9-7-8-19(13-20)23(26)24-18(3)21-10-5-6-11-22(21)29-4/h5-11,13,16-18H,12,14-15H2,1-4H3,(H,24,26). The first-order valence-electron chi connectivity index (χ1n) is 10.3. The van der Waals surface area contributed by atoms with Gasteiger partial charge < -0.3 is 10.1 Å². The molecule has 1 saturated heterocycles. The van der Waals surface area contributed by atoms with Crippen molar-refractivity contribution in [2.24, 2.45) is 11.8 Å². The molecule has 6 nitrogen and oxygen atoms in total. The molecule has 2 aromatic rings. The van der Waals surface area contributed by atoms with E-state index in [0.29, 0.717) is 36.2 Å². The van der Waals surface area contributed by atoms with Crippen LogP contribution in [-0.4, -0.2) is 38.8 Å². The number of carbonyl (C=O) groups excluding carboxylic acids is 1. The van der Waals surface area contributed by atoms with Crippen molar-refractivity contribution in [1.82, 2.24) is 9.62 Å². The van der Waals surface area contributed by atoms with Crippen molar-refractivity contribution < 1.29 is 17.9 Å². The summed E-state index contributed by atoms with van der Waals surface area (Å²) in [5, 5.41) is 2.93. The quantitative estimate of drug-likeness (QED) is 0.755. The highest BCUT2D eigenvalue weighted by Gasteiger charge is 2.32. The van der Waals surface area contributed by atoms with Crippen LogP contribution in [0.3, 0.4) is 0 Å². The van der Waals surface area contributed by atoms with Crippen LogP contribution in [0.25, 0.3) is 0 Å². The predicted molar refractivity (Wildman–Crippen MR) is 117 cm³/mol. The molecule has 1 heterocycles. The van der Waals surface area contributed by atoms with E-state index >= 15 is 0 Å². The molecule has 3 atom stereocenters. The van der Waals surface area contributed by atoms with Crippen molar-refractivity contribution in [3.8, 4) is 5.75 Å². The summed E-state index contributed by atoms with van der Waals surface area (Å²) in [6.45, 7) is 7.03. The van der Waals surface area contributed by atoms with Crippen molar-refractivity contribution in [3.05, 3.63) is 59.7 Å². The number of piperidine rings is 1. The van der Waals surface area contributed by atoms with Crippen LogP contribution in [0.15, 0.2) is 53.4 Å². The molecule has 0 radical (unpaired) electrons. The molecule has 3 unspecified atom stereocenters. The second-order valence-electron chi connectivity index (χ2n) is 8.23. The lowest BCUT2D eigenvalue weighted by Crippen LogP contribution is -2.42. The zero-order valence-corrected chi connectivity index (χ0v) is 18.8. The molecule has 0 bridgehead atoms. The molecule has 3 rings (SSSR count). The van der Waals surface area contributed by atoms with Gasteiger partial charge in [-0.3, -0.25) is 4.79 Å². The summed E-state index contributed by atoms with van der Waals surface area (Å²) in [5.41, 5.74) is 1.17. The third-order valence-corrected chi connectivity index (χ3v) is 7.35. The van der Waals surface area contributed by atoms with Crippen LogP contribution in [0, 0.1) is 11.8 Å². The van der Waals surface area contributed by atoms with Crippen LogP contribution >= 0.6 is 0 Å². The van der Waals surface area contributed by atoms with E-state index in [4.69, 9.17) is 4.74 Å². The molecule has 1 aliphatic rings. The van der Waals surface area contributed by atoms with E-state index in [9.17, 15) is 13.2 Å². The van der Waals surface area contributed by atoms with Crippen LogP contribution in [0.4, 0.5) is 0 Å². The zero-order chi connectivity index (χ0) is 21.9. The molecule has 1 fully saturated rings. The van der Waals surface area contributed by atoms with Gasteiger partial charge in [-0.2, -0.15) is 4.31 Å². The summed E-state index contributed by atoms with van der Waals surface area (Å²) >= 11 is 0. The average Bonchev–Trinajstić information content (AvgIpc) is 2.73. The fourth-order valence-corrected chi connectivity index (χ4v) is 5.86. The lowest BCUT2D eigenvalue weighted by molar-refractivity contribution is 0.0939. The van der Waals surface area contributed by atoms with Gasteiger partial charge in [-0.05, 0) is 49.4 Å². The minimum Gasteiger partial charge on any atom is -0.496 e. The van der Waals surface area contributed by atoms with E-state index in [-0.39, 0.29) is 16.8 Å². The van der Waals surface area contributed by atoms with Crippen LogP contribution in [-0.2, 0) is 10.0 Å². The van der Waals surface area contributed by atoms with Gasteiger partial charge in [-0.25, -0.2) is 8.42 Å². The number of ether oxygens (including phenoxy) is 1. The number of hydrogen-bond donors (Lipinski definition) is 1. The van der Waals surface area contributed by atoms with Crippen molar-refractivity contribution >= 4 is 15.9 Å². The first-order chi connectivity index (χ1) is 14.2. The van der Waals surface area contributed by atoms with Gasteiger partial charge in [0, 0.05) is 24.2 Å². The van der Waals surface area contributed by atoms with E-state index in [1.54, 1.807) is 29.6 Å².